The van der Waals surface area contributed by atoms with Gasteiger partial charge in [0.1, 0.15) is 29.2 Å². The largest absolute Gasteiger partial charge is 0.507 e. The number of amides is 1. The summed E-state index contributed by atoms with van der Waals surface area (Å²) < 4.78 is 37.4. The minimum Gasteiger partial charge on any atom is -0.507 e. The maximum absolute atomic E-state index is 14.4. The number of fused-ring (bicyclic) bond motifs is 14. The average Bonchev–Trinajstić information content (AvgIpc) is 3.48. The van der Waals surface area contributed by atoms with Gasteiger partial charge in [0, 0.05) is 73.3 Å². The molecular weight excluding hydrogens is 792 g/mol. The highest BCUT2D eigenvalue weighted by Crippen LogP contribution is 2.55. The van der Waals surface area contributed by atoms with Crippen molar-refractivity contribution in [1.82, 2.24) is 5.32 Å². The number of aromatic hydroxyl groups is 3. The molecule has 3 aromatic rings. The molecule has 15 heteroatoms. The van der Waals surface area contributed by atoms with E-state index in [1.165, 1.54) is 65.4 Å². The van der Waals surface area contributed by atoms with Crippen LogP contribution >= 0.6 is 0 Å². The highest BCUT2D eigenvalue weighted by atomic mass is 19.1. The van der Waals surface area contributed by atoms with Crippen molar-refractivity contribution in [3.05, 3.63) is 88.5 Å². The lowest BCUT2D eigenvalue weighted by atomic mass is 9.78. The molecule has 0 aliphatic carbocycles. The number of carbonyl (C=O) groups is 3. The van der Waals surface area contributed by atoms with Crippen LogP contribution < -0.4 is 15.4 Å². The quantitative estimate of drug-likeness (QED) is 0.0609. The van der Waals surface area contributed by atoms with Gasteiger partial charge in [-0.15, -0.1) is 0 Å². The molecule has 3 aromatic carbocycles. The summed E-state index contributed by atoms with van der Waals surface area (Å²) in [6.07, 6.45) is 3.83. The Morgan fingerprint density at radius 1 is 0.967 bits per heavy atom. The number of rotatable bonds is 7. The third kappa shape index (κ3) is 9.55. The minimum atomic E-state index is -2.06. The van der Waals surface area contributed by atoms with Gasteiger partial charge < -0.3 is 55.1 Å². The monoisotopic (exact) mass is 848 g/mol. The predicted octanol–water partition coefficient (Wildman–Crippen LogP) is 6.23. The molecule has 7 N–H and O–H groups in total. The van der Waals surface area contributed by atoms with Gasteiger partial charge in [0.05, 0.1) is 41.2 Å². The average molecular weight is 849 g/mol. The third-order valence-electron chi connectivity index (χ3n) is 11.9. The summed E-state index contributed by atoms with van der Waals surface area (Å²) in [4.78, 5) is 40.5. The predicted molar refractivity (Wildman–Crippen MR) is 226 cm³/mol. The first-order chi connectivity index (χ1) is 28.7. The molecule has 61 heavy (non-hydrogen) atoms. The normalized spacial score (nSPS) is 29.3. The summed E-state index contributed by atoms with van der Waals surface area (Å²) in [6, 6.07) is 6.06. The maximum atomic E-state index is 14.4. The lowest BCUT2D eigenvalue weighted by molar-refractivity contribution is -0.160. The molecule has 0 saturated carbocycles. The van der Waals surface area contributed by atoms with Crippen molar-refractivity contribution in [3.8, 4) is 23.0 Å². The Morgan fingerprint density at radius 2 is 1.67 bits per heavy atom. The number of phenols is 3. The van der Waals surface area contributed by atoms with E-state index in [-0.39, 0.29) is 57.6 Å². The number of allylic oxidation sites excluding steroid dienone is 2. The van der Waals surface area contributed by atoms with Crippen LogP contribution in [0.2, 0.25) is 0 Å². The summed E-state index contributed by atoms with van der Waals surface area (Å²) in [5, 5.41) is 63.7. The van der Waals surface area contributed by atoms with E-state index < -0.39 is 94.6 Å². The number of ether oxygens (including phenoxy) is 4. The van der Waals surface area contributed by atoms with Gasteiger partial charge in [0.2, 0.25) is 0 Å². The molecule has 9 atom stereocenters. The molecule has 0 saturated heterocycles. The third-order valence-corrected chi connectivity index (χ3v) is 11.9. The fourth-order valence-corrected chi connectivity index (χ4v) is 8.10. The summed E-state index contributed by atoms with van der Waals surface area (Å²) in [7, 11) is 1.43. The van der Waals surface area contributed by atoms with Crippen LogP contribution in [0.25, 0.3) is 10.8 Å². The number of ketones is 1. The van der Waals surface area contributed by atoms with Gasteiger partial charge >= 0.3 is 11.8 Å². The van der Waals surface area contributed by atoms with Crippen LogP contribution in [0.5, 0.6) is 23.0 Å². The number of methoxy groups -OCH3 is 1. The molecule has 1 amide bonds. The van der Waals surface area contributed by atoms with E-state index in [9.17, 15) is 44.3 Å². The number of nitrogens with one attached hydrogen (secondary N) is 2. The fraction of sp³-hybridized carbons (Fsp3) is 0.457. The van der Waals surface area contributed by atoms with Crippen molar-refractivity contribution >= 4 is 34.1 Å². The number of esters is 1. The number of hydrogen-bond donors (Lipinski definition) is 7. The van der Waals surface area contributed by atoms with E-state index in [0.717, 1.165) is 0 Å². The van der Waals surface area contributed by atoms with E-state index >= 15 is 0 Å². The van der Waals surface area contributed by atoms with Crippen molar-refractivity contribution in [2.45, 2.75) is 98.6 Å². The van der Waals surface area contributed by atoms with Gasteiger partial charge in [0.25, 0.3) is 11.7 Å². The Balaban J connectivity index is 1.66. The Labute approximate surface area is 354 Å². The number of Topliss-reactive ketones (excluding diaryl/α,β-unsaturated/α-hetero) is 1. The molecule has 3 aliphatic rings. The zero-order valence-electron chi connectivity index (χ0n) is 35.9. The number of halogens is 1. The first kappa shape index (κ1) is 46.6. The van der Waals surface area contributed by atoms with Gasteiger partial charge in [-0.25, -0.2) is 4.39 Å². The van der Waals surface area contributed by atoms with E-state index in [2.05, 4.69) is 10.6 Å². The minimum absolute atomic E-state index is 0.0270. The fourth-order valence-electron chi connectivity index (χ4n) is 8.10. The molecule has 6 rings (SSSR count). The van der Waals surface area contributed by atoms with Crippen molar-refractivity contribution in [2.24, 2.45) is 23.7 Å². The van der Waals surface area contributed by atoms with Crippen LogP contribution in [-0.2, 0) is 36.8 Å². The zero-order valence-corrected chi connectivity index (χ0v) is 35.9. The zero-order chi connectivity index (χ0) is 45.1. The summed E-state index contributed by atoms with van der Waals surface area (Å²) in [5.41, 5.74) is 0.434. The number of aliphatic hydroxyl groups is 2. The number of phenolic OH excluding ortho intramolecular Hbond substituents is 3. The molecule has 0 fully saturated rings. The van der Waals surface area contributed by atoms with Crippen molar-refractivity contribution in [1.29, 1.82) is 0 Å². The first-order valence-electron chi connectivity index (χ1n) is 20.3. The van der Waals surface area contributed by atoms with Crippen LogP contribution in [0.3, 0.4) is 0 Å². The Kier molecular flexibility index (Phi) is 14.6. The maximum Gasteiger partial charge on any atom is 0.312 e. The summed E-state index contributed by atoms with van der Waals surface area (Å²) >= 11 is 0. The molecule has 330 valence electrons. The van der Waals surface area contributed by atoms with Crippen molar-refractivity contribution in [3.63, 3.8) is 0 Å². The van der Waals surface area contributed by atoms with Gasteiger partial charge in [0.15, 0.2) is 5.75 Å². The second kappa shape index (κ2) is 19.1. The van der Waals surface area contributed by atoms with Crippen molar-refractivity contribution in [2.75, 3.05) is 19.0 Å². The number of anilines is 1. The summed E-state index contributed by atoms with van der Waals surface area (Å²) in [6.45, 7) is 12.5. The highest BCUT2D eigenvalue weighted by molar-refractivity contribution is 6.22. The molecule has 0 radical (unpaired) electrons. The molecule has 3 heterocycles. The van der Waals surface area contributed by atoms with Gasteiger partial charge in [-0.3, -0.25) is 14.4 Å². The molecule has 5 bridgehead atoms. The lowest BCUT2D eigenvalue weighted by Crippen LogP contribution is -2.46. The number of aliphatic hydroxyl groups excluding tert-OH is 2. The van der Waals surface area contributed by atoms with Crippen LogP contribution in [0.15, 0.2) is 60.4 Å². The smallest absolute Gasteiger partial charge is 0.312 e. The molecule has 3 aliphatic heterocycles. The van der Waals surface area contributed by atoms with E-state index in [0.29, 0.717) is 12.0 Å². The molecule has 0 unspecified atom stereocenters. The van der Waals surface area contributed by atoms with Crippen molar-refractivity contribution < 1.29 is 63.3 Å². The molecule has 0 aromatic heterocycles. The standard InChI is InChI=1S/C46H57FN2O12/c1-22-12-10-13-23(2)45(57)49-36-31(21-48-18-16-29-14-11-15-30(47)20-29)40(54)33-34(41(36)55)39(53)27(6)43-35(33)44(56)46(8,61-43)59-19-17-32(58-9)24(3)42(60-28(7)50)26(5)38(52)25(4)37(22)51/h10-15,17,19-20,22,24-26,32,37-38,42,48,51-55H,16,18,21H2,1-9H3,(H,49,57)/b12-10+,19-17+,23-13-/t22-,24+,25+,26+,32-,37-,38+,42+,46-/m0/s1. The summed E-state index contributed by atoms with van der Waals surface area (Å²) in [5.74, 6) is -8.86. The van der Waals surface area contributed by atoms with Gasteiger partial charge in [-0.05, 0) is 50.6 Å². The van der Waals surface area contributed by atoms with E-state index in [4.69, 9.17) is 18.9 Å². The molecular formula is C46H57FN2O12. The molecule has 0 spiro atoms. The van der Waals surface area contributed by atoms with Gasteiger partial charge in [-0.2, -0.15) is 0 Å². The SMILES string of the molecule is CO[C@H]1/C=C/O[C@@]2(C)Oc3c(C)c(O)c4c(O)c(c(CNCCc5cccc(F)c5)c(O)c4c3C2=O)NC(=O)/C(C)=C\C=C\[C@H](C)[C@H](O)[C@@H](C)[C@@H](O)[C@@H](C)[C@H](OC(C)=O)[C@@H]1C. The van der Waals surface area contributed by atoms with Crippen LogP contribution in [-0.4, -0.2) is 87.0 Å². The number of hydrogen-bond acceptors (Lipinski definition) is 13. The Hall–Kier alpha value is -5.48. The van der Waals surface area contributed by atoms with Crippen LogP contribution in [0.1, 0.15) is 75.5 Å². The highest BCUT2D eigenvalue weighted by Gasteiger charge is 2.50. The Morgan fingerprint density at radius 3 is 2.33 bits per heavy atom. The topological polar surface area (TPSA) is 213 Å². The second-order valence-corrected chi connectivity index (χ2v) is 16.2. The van der Waals surface area contributed by atoms with Crippen LogP contribution in [0, 0.1) is 36.4 Å². The van der Waals surface area contributed by atoms with Gasteiger partial charge in [-0.1, -0.05) is 58.1 Å². The number of carbonyl (C=O) groups excluding carboxylic acids is 3. The first-order valence-corrected chi connectivity index (χ1v) is 20.3. The van der Waals surface area contributed by atoms with E-state index in [1.54, 1.807) is 52.0 Å². The van der Waals surface area contributed by atoms with E-state index in [1.807, 2.05) is 0 Å². The number of benzene rings is 3. The second-order valence-electron chi connectivity index (χ2n) is 16.2. The van der Waals surface area contributed by atoms with Crippen LogP contribution in [0.4, 0.5) is 10.1 Å². The Bertz CT molecular complexity index is 2260. The lowest BCUT2D eigenvalue weighted by Gasteiger charge is -2.38. The molecule has 14 nitrogen and oxygen atoms in total.